The predicted octanol–water partition coefficient (Wildman–Crippen LogP) is 3.61. The molecule has 1 aliphatic rings. The number of aliphatic hydroxyl groups is 1. The molecule has 0 aliphatic heterocycles. The van der Waals surface area contributed by atoms with Crippen molar-refractivity contribution >= 4 is 0 Å². The zero-order chi connectivity index (χ0) is 12.7. The highest BCUT2D eigenvalue weighted by molar-refractivity contribution is 5.31. The first-order valence-electron chi connectivity index (χ1n) is 5.42. The number of rotatable bonds is 1. The minimum atomic E-state index is -4.73. The second-order valence-electron chi connectivity index (χ2n) is 4.43. The lowest BCUT2D eigenvalue weighted by Gasteiger charge is -2.23. The van der Waals surface area contributed by atoms with E-state index < -0.39 is 23.2 Å². The van der Waals surface area contributed by atoms with Crippen LogP contribution in [-0.4, -0.2) is 5.11 Å². The van der Waals surface area contributed by atoms with Crippen molar-refractivity contribution in [1.29, 1.82) is 0 Å². The molecule has 0 unspecified atom stereocenters. The predicted molar refractivity (Wildman–Crippen MR) is 53.8 cm³/mol. The average Bonchev–Trinajstić information content (AvgIpc) is 2.65. The molecule has 94 valence electrons. The summed E-state index contributed by atoms with van der Waals surface area (Å²) < 4.78 is 50.6. The Balaban J connectivity index is 2.44. The SMILES string of the molecule is OC1(c2ccc(F)c(C(F)(F)F)c2)CCCC1. The van der Waals surface area contributed by atoms with Crippen LogP contribution in [0.1, 0.15) is 36.8 Å². The maximum absolute atomic E-state index is 13.1. The van der Waals surface area contributed by atoms with Gasteiger partial charge in [0.25, 0.3) is 0 Å². The molecular formula is C12H12F4O. The Labute approximate surface area is 96.1 Å². The Morgan fingerprint density at radius 1 is 1.12 bits per heavy atom. The van der Waals surface area contributed by atoms with E-state index in [1.54, 1.807) is 0 Å². The fraction of sp³-hybridized carbons (Fsp3) is 0.500. The standard InChI is InChI=1S/C12H12F4O/c13-10-4-3-8(7-9(10)12(14,15)16)11(17)5-1-2-6-11/h3-4,7,17H,1-2,5-6H2. The molecule has 0 spiro atoms. The van der Waals surface area contributed by atoms with E-state index in [9.17, 15) is 22.7 Å². The Bertz CT molecular complexity index is 419. The topological polar surface area (TPSA) is 20.2 Å². The molecule has 1 fully saturated rings. The van der Waals surface area contributed by atoms with E-state index in [0.717, 1.165) is 25.0 Å². The minimum Gasteiger partial charge on any atom is -0.385 e. The maximum Gasteiger partial charge on any atom is 0.419 e. The lowest BCUT2D eigenvalue weighted by atomic mass is 9.91. The van der Waals surface area contributed by atoms with Gasteiger partial charge in [-0.3, -0.25) is 0 Å². The molecule has 1 aromatic carbocycles. The molecule has 1 saturated carbocycles. The fourth-order valence-corrected chi connectivity index (χ4v) is 2.28. The van der Waals surface area contributed by atoms with Crippen LogP contribution >= 0.6 is 0 Å². The van der Waals surface area contributed by atoms with Gasteiger partial charge in [-0.15, -0.1) is 0 Å². The van der Waals surface area contributed by atoms with Gasteiger partial charge in [0.2, 0.25) is 0 Å². The molecular weight excluding hydrogens is 236 g/mol. The largest absolute Gasteiger partial charge is 0.419 e. The summed E-state index contributed by atoms with van der Waals surface area (Å²) in [5, 5.41) is 10.2. The Morgan fingerprint density at radius 2 is 1.71 bits per heavy atom. The van der Waals surface area contributed by atoms with Gasteiger partial charge in [0.05, 0.1) is 11.2 Å². The molecule has 1 aromatic rings. The molecule has 2 rings (SSSR count). The van der Waals surface area contributed by atoms with Crippen LogP contribution in [0, 0.1) is 5.82 Å². The molecule has 17 heavy (non-hydrogen) atoms. The van der Waals surface area contributed by atoms with Crippen LogP contribution in [0.4, 0.5) is 17.6 Å². The van der Waals surface area contributed by atoms with Gasteiger partial charge < -0.3 is 5.11 Å². The van der Waals surface area contributed by atoms with Crippen LogP contribution in [0.25, 0.3) is 0 Å². The van der Waals surface area contributed by atoms with Crippen LogP contribution in [0.2, 0.25) is 0 Å². The Kier molecular flexibility index (Phi) is 2.89. The molecule has 1 N–H and O–H groups in total. The van der Waals surface area contributed by atoms with Gasteiger partial charge >= 0.3 is 6.18 Å². The normalized spacial score (nSPS) is 19.6. The Morgan fingerprint density at radius 3 is 2.24 bits per heavy atom. The van der Waals surface area contributed by atoms with E-state index in [1.165, 1.54) is 6.07 Å². The number of alkyl halides is 3. The third kappa shape index (κ3) is 2.29. The number of benzene rings is 1. The van der Waals surface area contributed by atoms with E-state index >= 15 is 0 Å². The molecule has 0 aromatic heterocycles. The number of hydrogen-bond acceptors (Lipinski definition) is 1. The van der Waals surface area contributed by atoms with Gasteiger partial charge in [-0.2, -0.15) is 13.2 Å². The molecule has 1 aliphatic carbocycles. The summed E-state index contributed by atoms with van der Waals surface area (Å²) in [5.74, 6) is -1.30. The van der Waals surface area contributed by atoms with Gasteiger partial charge in [-0.25, -0.2) is 4.39 Å². The quantitative estimate of drug-likeness (QED) is 0.753. The third-order valence-corrected chi connectivity index (χ3v) is 3.24. The third-order valence-electron chi connectivity index (χ3n) is 3.24. The van der Waals surface area contributed by atoms with Crippen molar-refractivity contribution in [1.82, 2.24) is 0 Å². The first kappa shape index (κ1) is 12.4. The molecule has 0 heterocycles. The van der Waals surface area contributed by atoms with Crippen LogP contribution < -0.4 is 0 Å². The van der Waals surface area contributed by atoms with Crippen molar-refractivity contribution in [3.8, 4) is 0 Å². The van der Waals surface area contributed by atoms with Crippen LogP contribution in [0.3, 0.4) is 0 Å². The van der Waals surface area contributed by atoms with Gasteiger partial charge in [-0.1, -0.05) is 18.9 Å². The smallest absolute Gasteiger partial charge is 0.385 e. The van der Waals surface area contributed by atoms with Crippen LogP contribution in [0.15, 0.2) is 18.2 Å². The summed E-state index contributed by atoms with van der Waals surface area (Å²) in [6.07, 6.45) is -2.33. The average molecular weight is 248 g/mol. The summed E-state index contributed by atoms with van der Waals surface area (Å²) >= 11 is 0. The van der Waals surface area contributed by atoms with Gasteiger partial charge in [-0.05, 0) is 30.5 Å². The van der Waals surface area contributed by atoms with E-state index in [4.69, 9.17) is 0 Å². The van der Waals surface area contributed by atoms with Crippen LogP contribution in [0.5, 0.6) is 0 Å². The molecule has 5 heteroatoms. The highest BCUT2D eigenvalue weighted by Crippen LogP contribution is 2.41. The van der Waals surface area contributed by atoms with Crippen molar-refractivity contribution in [3.05, 3.63) is 35.1 Å². The summed E-state index contributed by atoms with van der Waals surface area (Å²) in [4.78, 5) is 0. The lowest BCUT2D eigenvalue weighted by Crippen LogP contribution is -2.22. The van der Waals surface area contributed by atoms with Gasteiger partial charge in [0.1, 0.15) is 5.82 Å². The van der Waals surface area contributed by atoms with Gasteiger partial charge in [0, 0.05) is 0 Å². The second kappa shape index (κ2) is 3.98. The Hall–Kier alpha value is -1.10. The van der Waals surface area contributed by atoms with E-state index in [0.29, 0.717) is 12.8 Å². The zero-order valence-electron chi connectivity index (χ0n) is 9.02. The lowest BCUT2D eigenvalue weighted by molar-refractivity contribution is -0.140. The molecule has 0 radical (unpaired) electrons. The highest BCUT2D eigenvalue weighted by Gasteiger charge is 2.38. The summed E-state index contributed by atoms with van der Waals surface area (Å²) in [5.41, 5.74) is -2.38. The summed E-state index contributed by atoms with van der Waals surface area (Å²) in [6, 6.07) is 2.73. The molecule has 0 saturated heterocycles. The maximum atomic E-state index is 13.1. The molecule has 0 atom stereocenters. The van der Waals surface area contributed by atoms with Crippen LogP contribution in [-0.2, 0) is 11.8 Å². The van der Waals surface area contributed by atoms with Crippen molar-refractivity contribution < 1.29 is 22.7 Å². The molecule has 1 nitrogen and oxygen atoms in total. The van der Waals surface area contributed by atoms with Crippen molar-refractivity contribution in [2.24, 2.45) is 0 Å². The second-order valence-corrected chi connectivity index (χ2v) is 4.43. The fourth-order valence-electron chi connectivity index (χ4n) is 2.28. The van der Waals surface area contributed by atoms with Crippen molar-refractivity contribution in [2.45, 2.75) is 37.5 Å². The zero-order valence-corrected chi connectivity index (χ0v) is 9.02. The molecule has 0 amide bonds. The van der Waals surface area contributed by atoms with Crippen molar-refractivity contribution in [3.63, 3.8) is 0 Å². The molecule has 0 bridgehead atoms. The number of hydrogen-bond donors (Lipinski definition) is 1. The summed E-state index contributed by atoms with van der Waals surface area (Å²) in [7, 11) is 0. The van der Waals surface area contributed by atoms with Crippen molar-refractivity contribution in [2.75, 3.05) is 0 Å². The van der Waals surface area contributed by atoms with E-state index in [1.807, 2.05) is 0 Å². The highest BCUT2D eigenvalue weighted by atomic mass is 19.4. The number of halogens is 4. The first-order valence-corrected chi connectivity index (χ1v) is 5.42. The summed E-state index contributed by atoms with van der Waals surface area (Å²) in [6.45, 7) is 0. The van der Waals surface area contributed by atoms with E-state index in [2.05, 4.69) is 0 Å². The first-order chi connectivity index (χ1) is 7.83. The van der Waals surface area contributed by atoms with E-state index in [-0.39, 0.29) is 5.56 Å². The minimum absolute atomic E-state index is 0.156. The van der Waals surface area contributed by atoms with Gasteiger partial charge in [0.15, 0.2) is 0 Å². The monoisotopic (exact) mass is 248 g/mol.